The number of nitrogens with zero attached hydrogens (tertiary/aromatic N) is 1. The van der Waals surface area contributed by atoms with Crippen LogP contribution in [-0.2, 0) is 31.1 Å². The van der Waals surface area contributed by atoms with Crippen LogP contribution in [0.15, 0.2) is 21.9 Å². The van der Waals surface area contributed by atoms with Crippen molar-refractivity contribution in [3.63, 3.8) is 0 Å². The van der Waals surface area contributed by atoms with E-state index in [2.05, 4.69) is 3.66 Å². The summed E-state index contributed by atoms with van der Waals surface area (Å²) in [6, 6.07) is 1.05. The first kappa shape index (κ1) is 15.1. The molecule has 0 radical (unpaired) electrons. The van der Waals surface area contributed by atoms with Gasteiger partial charge < -0.3 is 0 Å². The molecule has 1 fully saturated rings. The third-order valence-corrected chi connectivity index (χ3v) is 3.37. The van der Waals surface area contributed by atoms with Gasteiger partial charge in [0.05, 0.1) is 0 Å². The summed E-state index contributed by atoms with van der Waals surface area (Å²) >= 11 is -3.84. The standard InChI is InChI=1S/C9H11N2O6.2O.V/c12-3-4-6(14)7(15)8(17-4)11-2-1-5(13)10-9(11)16;;;/h1-2,4,6-8,14-15H,3H2,(H,10,13,16);;;/q-1;;;+1/t4-,6?,7?,8-;;;/m0.../s1. The Morgan fingerprint density at radius 3 is 2.65 bits per heavy atom. The molecular formula is C9H11N2O8V. The molecule has 4 atom stereocenters. The number of hydrogen-bond donors (Lipinski definition) is 3. The van der Waals surface area contributed by atoms with Gasteiger partial charge in [0.15, 0.2) is 0 Å². The number of aliphatic hydroxyl groups excluding tert-OH is 2. The molecular weight excluding hydrogens is 315 g/mol. The zero-order valence-electron chi connectivity index (χ0n) is 9.91. The average Bonchev–Trinajstić information content (AvgIpc) is 2.64. The molecule has 20 heavy (non-hydrogen) atoms. The molecule has 1 aliphatic heterocycles. The van der Waals surface area contributed by atoms with Crippen molar-refractivity contribution in [2.75, 3.05) is 6.61 Å². The molecule has 0 amide bonds. The molecule has 10 nitrogen and oxygen atoms in total. The second-order valence-corrected chi connectivity index (χ2v) is 5.18. The van der Waals surface area contributed by atoms with Crippen molar-refractivity contribution in [2.45, 2.75) is 24.5 Å². The molecule has 1 aliphatic rings. The van der Waals surface area contributed by atoms with Gasteiger partial charge in [0, 0.05) is 0 Å². The van der Waals surface area contributed by atoms with Gasteiger partial charge in [-0.15, -0.1) is 0 Å². The number of aromatic nitrogens is 2. The van der Waals surface area contributed by atoms with Crippen LogP contribution >= 0.6 is 0 Å². The molecule has 11 heteroatoms. The van der Waals surface area contributed by atoms with E-state index in [1.807, 2.05) is 4.98 Å². The fourth-order valence-electron chi connectivity index (χ4n) is 1.86. The number of aliphatic hydroxyl groups is 2. The first-order valence-electron chi connectivity index (χ1n) is 5.50. The summed E-state index contributed by atoms with van der Waals surface area (Å²) in [4.78, 5) is 24.5. The van der Waals surface area contributed by atoms with E-state index in [1.54, 1.807) is 0 Å². The van der Waals surface area contributed by atoms with Crippen LogP contribution in [0.5, 0.6) is 0 Å². The Bertz CT molecular complexity index is 656. The molecule has 0 aromatic carbocycles. The number of ether oxygens (including phenoxy) is 1. The molecule has 2 heterocycles. The van der Waals surface area contributed by atoms with Gasteiger partial charge in [0.1, 0.15) is 0 Å². The van der Waals surface area contributed by atoms with E-state index >= 15 is 0 Å². The van der Waals surface area contributed by atoms with Crippen molar-refractivity contribution in [3.05, 3.63) is 33.1 Å². The van der Waals surface area contributed by atoms with Crippen LogP contribution in [0.2, 0.25) is 0 Å². The van der Waals surface area contributed by atoms with E-state index in [0.29, 0.717) is 0 Å². The fourth-order valence-corrected chi connectivity index (χ4v) is 2.28. The van der Waals surface area contributed by atoms with Crippen LogP contribution in [0, 0.1) is 0 Å². The van der Waals surface area contributed by atoms with Crippen LogP contribution in [0.3, 0.4) is 0 Å². The summed E-state index contributed by atoms with van der Waals surface area (Å²) in [6.07, 6.45) is -4.14. The average molecular weight is 326 g/mol. The first-order chi connectivity index (χ1) is 9.40. The van der Waals surface area contributed by atoms with Gasteiger partial charge in [-0.3, -0.25) is 0 Å². The second kappa shape index (κ2) is 6.00. The summed E-state index contributed by atoms with van der Waals surface area (Å²) in [7, 11) is 0. The summed E-state index contributed by atoms with van der Waals surface area (Å²) in [5.74, 6) is 0. The zero-order chi connectivity index (χ0) is 14.9. The third kappa shape index (κ3) is 3.06. The molecule has 1 saturated heterocycles. The van der Waals surface area contributed by atoms with Crippen molar-refractivity contribution in [1.29, 1.82) is 0 Å². The SMILES string of the molecule is O=c1ccn([C@H]2O[C@@H](C[O][V](=[O])=[O])C(O)C2O)c(=O)[nH]1. The van der Waals surface area contributed by atoms with Gasteiger partial charge in [0.25, 0.3) is 0 Å². The Balaban J connectivity index is 2.21. The Morgan fingerprint density at radius 1 is 1.35 bits per heavy atom. The van der Waals surface area contributed by atoms with E-state index in [-0.39, 0.29) is 0 Å². The number of rotatable bonds is 4. The van der Waals surface area contributed by atoms with E-state index in [9.17, 15) is 27.2 Å². The number of H-pyrrole nitrogens is 1. The predicted molar refractivity (Wildman–Crippen MR) is 54.6 cm³/mol. The Morgan fingerprint density at radius 2 is 2.05 bits per heavy atom. The van der Waals surface area contributed by atoms with Crippen LogP contribution < -0.4 is 11.2 Å². The normalized spacial score (nSPS) is 29.5. The number of hydrogen-bond acceptors (Lipinski definition) is 8. The molecule has 0 spiro atoms. The van der Waals surface area contributed by atoms with E-state index < -0.39 is 57.8 Å². The van der Waals surface area contributed by atoms with Gasteiger partial charge >= 0.3 is 115 Å². The van der Waals surface area contributed by atoms with Gasteiger partial charge in [-0.05, 0) is 0 Å². The van der Waals surface area contributed by atoms with Crippen LogP contribution in [0.1, 0.15) is 6.23 Å². The predicted octanol–water partition coefficient (Wildman–Crippen LogP) is -2.60. The third-order valence-electron chi connectivity index (χ3n) is 2.81. The molecule has 1 aromatic heterocycles. The maximum atomic E-state index is 11.6. The van der Waals surface area contributed by atoms with Crippen molar-refractivity contribution in [2.24, 2.45) is 0 Å². The maximum absolute atomic E-state index is 11.6. The molecule has 0 saturated carbocycles. The summed E-state index contributed by atoms with van der Waals surface area (Å²) in [5.41, 5.74) is -1.44. The summed E-state index contributed by atoms with van der Waals surface area (Å²) in [5, 5.41) is 19.5. The van der Waals surface area contributed by atoms with E-state index in [0.717, 1.165) is 16.8 Å². The zero-order valence-corrected chi connectivity index (χ0v) is 11.3. The molecule has 110 valence electrons. The minimum atomic E-state index is -3.84. The summed E-state index contributed by atoms with van der Waals surface area (Å²) < 4.78 is 31.2. The van der Waals surface area contributed by atoms with Crippen LogP contribution in [-0.4, -0.2) is 44.7 Å². The number of aromatic amines is 1. The molecule has 0 bridgehead atoms. The molecule has 0 aliphatic carbocycles. The van der Waals surface area contributed by atoms with Crippen molar-refractivity contribution < 1.29 is 41.4 Å². The number of nitrogens with one attached hydrogen (secondary N) is 1. The summed E-state index contributed by atoms with van der Waals surface area (Å²) in [6.45, 7) is -0.459. The van der Waals surface area contributed by atoms with Gasteiger partial charge in [-0.1, -0.05) is 0 Å². The van der Waals surface area contributed by atoms with Crippen LogP contribution in [0.4, 0.5) is 0 Å². The quantitative estimate of drug-likeness (QED) is 0.545. The van der Waals surface area contributed by atoms with E-state index in [1.165, 1.54) is 0 Å². The van der Waals surface area contributed by atoms with Gasteiger partial charge in [0.2, 0.25) is 0 Å². The fraction of sp³-hybridized carbons (Fsp3) is 0.556. The van der Waals surface area contributed by atoms with Crippen molar-refractivity contribution in [3.8, 4) is 0 Å². The van der Waals surface area contributed by atoms with E-state index in [4.69, 9.17) is 4.74 Å². The molecule has 3 N–H and O–H groups in total. The van der Waals surface area contributed by atoms with Gasteiger partial charge in [-0.25, -0.2) is 0 Å². The molecule has 2 rings (SSSR count). The van der Waals surface area contributed by atoms with Crippen LogP contribution in [0.25, 0.3) is 0 Å². The Kier molecular flexibility index (Phi) is 4.53. The second-order valence-electron chi connectivity index (χ2n) is 4.08. The molecule has 2 unspecified atom stereocenters. The Labute approximate surface area is 115 Å². The minimum absolute atomic E-state index is 0.459. The first-order valence-corrected chi connectivity index (χ1v) is 7.21. The monoisotopic (exact) mass is 326 g/mol. The van der Waals surface area contributed by atoms with Crippen molar-refractivity contribution >= 4 is 0 Å². The Hall–Kier alpha value is -1.30. The topological polar surface area (TPSA) is 148 Å². The molecule has 1 aromatic rings. The van der Waals surface area contributed by atoms with Gasteiger partial charge in [-0.2, -0.15) is 0 Å². The van der Waals surface area contributed by atoms with Crippen molar-refractivity contribution in [1.82, 2.24) is 9.55 Å².